The molecular weight excluding hydrogens is 343 g/mol. The lowest BCUT2D eigenvalue weighted by atomic mass is 10.0. The quantitative estimate of drug-likeness (QED) is 0.837. The van der Waals surface area contributed by atoms with Crippen molar-refractivity contribution in [3.05, 3.63) is 53.1 Å². The van der Waals surface area contributed by atoms with Crippen LogP contribution in [-0.2, 0) is 16.9 Å². The van der Waals surface area contributed by atoms with E-state index in [0.29, 0.717) is 18.1 Å². The van der Waals surface area contributed by atoms with Gasteiger partial charge in [0.15, 0.2) is 0 Å². The number of amides is 1. The van der Waals surface area contributed by atoms with Crippen molar-refractivity contribution in [2.75, 3.05) is 26.2 Å². The van der Waals surface area contributed by atoms with E-state index in [2.05, 4.69) is 10.00 Å². The van der Waals surface area contributed by atoms with Crippen LogP contribution in [0.25, 0.3) is 0 Å². The second-order valence-corrected chi connectivity index (χ2v) is 7.29. The summed E-state index contributed by atoms with van der Waals surface area (Å²) in [5.41, 5.74) is 0.305. The van der Waals surface area contributed by atoms with Crippen LogP contribution in [0.15, 0.2) is 36.7 Å². The Morgan fingerprint density at radius 3 is 2.40 bits per heavy atom. The maximum atomic E-state index is 13.0. The molecule has 0 N–H and O–H groups in total. The van der Waals surface area contributed by atoms with Gasteiger partial charge in [0.05, 0.1) is 11.2 Å². The van der Waals surface area contributed by atoms with Gasteiger partial charge >= 0.3 is 0 Å². The SMILES string of the molecule is CC(C)(C(=O)N1CCN(Cc2ccc(F)cc2)CC1)n1cc(Cl)cn1. The molecule has 1 aliphatic rings. The average molecular weight is 365 g/mol. The van der Waals surface area contributed by atoms with E-state index in [4.69, 9.17) is 11.6 Å². The number of hydrogen-bond donors (Lipinski definition) is 0. The van der Waals surface area contributed by atoms with Gasteiger partial charge in [0.2, 0.25) is 5.91 Å². The van der Waals surface area contributed by atoms with E-state index in [0.717, 1.165) is 25.2 Å². The smallest absolute Gasteiger partial charge is 0.250 e. The summed E-state index contributed by atoms with van der Waals surface area (Å²) in [6.45, 7) is 7.38. The molecule has 0 saturated carbocycles. The topological polar surface area (TPSA) is 41.4 Å². The van der Waals surface area contributed by atoms with Crippen molar-refractivity contribution in [2.45, 2.75) is 25.9 Å². The van der Waals surface area contributed by atoms with Crippen LogP contribution in [0.4, 0.5) is 4.39 Å². The molecule has 0 radical (unpaired) electrons. The van der Waals surface area contributed by atoms with E-state index < -0.39 is 5.54 Å². The number of halogens is 2. The highest BCUT2D eigenvalue weighted by Gasteiger charge is 2.35. The maximum Gasteiger partial charge on any atom is 0.250 e. The standard InChI is InChI=1S/C18H22ClFN4O/c1-18(2,24-13-15(19)11-21-24)17(25)23-9-7-22(8-10-23)12-14-3-5-16(20)6-4-14/h3-6,11,13H,7-10,12H2,1-2H3. The summed E-state index contributed by atoms with van der Waals surface area (Å²) < 4.78 is 14.6. The first-order valence-corrected chi connectivity index (χ1v) is 8.71. The van der Waals surface area contributed by atoms with Crippen molar-refractivity contribution in [3.8, 4) is 0 Å². The van der Waals surface area contributed by atoms with Crippen LogP contribution in [0.3, 0.4) is 0 Å². The highest BCUT2D eigenvalue weighted by Crippen LogP contribution is 2.21. The minimum absolute atomic E-state index is 0.0358. The second kappa shape index (κ2) is 7.14. The minimum Gasteiger partial charge on any atom is -0.338 e. The highest BCUT2D eigenvalue weighted by molar-refractivity contribution is 6.30. The first-order chi connectivity index (χ1) is 11.9. The van der Waals surface area contributed by atoms with Crippen molar-refractivity contribution in [1.82, 2.24) is 19.6 Å². The molecule has 7 heteroatoms. The Labute approximate surface area is 152 Å². The zero-order valence-electron chi connectivity index (χ0n) is 14.5. The van der Waals surface area contributed by atoms with E-state index in [-0.39, 0.29) is 11.7 Å². The summed E-state index contributed by atoms with van der Waals surface area (Å²) in [4.78, 5) is 17.0. The van der Waals surface area contributed by atoms with Crippen LogP contribution < -0.4 is 0 Å². The minimum atomic E-state index is -0.772. The lowest BCUT2D eigenvalue weighted by Gasteiger charge is -2.38. The van der Waals surface area contributed by atoms with Crippen LogP contribution in [-0.4, -0.2) is 51.7 Å². The van der Waals surface area contributed by atoms with E-state index in [9.17, 15) is 9.18 Å². The predicted octanol–water partition coefficient (Wildman–Crippen LogP) is 2.76. The number of rotatable bonds is 4. The molecule has 0 bridgehead atoms. The Bertz CT molecular complexity index is 736. The molecule has 0 atom stereocenters. The molecule has 5 nitrogen and oxygen atoms in total. The normalized spacial score (nSPS) is 16.2. The molecule has 134 valence electrons. The molecule has 25 heavy (non-hydrogen) atoms. The summed E-state index contributed by atoms with van der Waals surface area (Å²) in [7, 11) is 0. The van der Waals surface area contributed by atoms with Crippen LogP contribution >= 0.6 is 11.6 Å². The Morgan fingerprint density at radius 2 is 1.84 bits per heavy atom. The molecule has 1 fully saturated rings. The zero-order chi connectivity index (χ0) is 18.0. The summed E-state index contributed by atoms with van der Waals surface area (Å²) in [6.07, 6.45) is 3.21. The number of hydrogen-bond acceptors (Lipinski definition) is 3. The monoisotopic (exact) mass is 364 g/mol. The van der Waals surface area contributed by atoms with E-state index >= 15 is 0 Å². The van der Waals surface area contributed by atoms with Gasteiger partial charge in [0, 0.05) is 38.9 Å². The molecule has 0 aliphatic carbocycles. The fourth-order valence-electron chi connectivity index (χ4n) is 3.05. The van der Waals surface area contributed by atoms with Gasteiger partial charge in [0.25, 0.3) is 0 Å². The number of carbonyl (C=O) groups is 1. The van der Waals surface area contributed by atoms with Gasteiger partial charge in [-0.25, -0.2) is 4.39 Å². The fraction of sp³-hybridized carbons (Fsp3) is 0.444. The van der Waals surface area contributed by atoms with Gasteiger partial charge in [-0.05, 0) is 31.5 Å². The first kappa shape index (κ1) is 17.9. The lowest BCUT2D eigenvalue weighted by molar-refractivity contribution is -0.141. The van der Waals surface area contributed by atoms with E-state index in [1.165, 1.54) is 18.3 Å². The number of benzene rings is 1. The Kier molecular flexibility index (Phi) is 5.11. The molecule has 1 aromatic carbocycles. The Balaban J connectivity index is 1.58. The van der Waals surface area contributed by atoms with Crippen molar-refractivity contribution in [3.63, 3.8) is 0 Å². The highest BCUT2D eigenvalue weighted by atomic mass is 35.5. The molecular formula is C18H22ClFN4O. The van der Waals surface area contributed by atoms with Gasteiger partial charge in [-0.15, -0.1) is 0 Å². The largest absolute Gasteiger partial charge is 0.338 e. The van der Waals surface area contributed by atoms with Crippen LogP contribution in [0, 0.1) is 5.82 Å². The number of piperazine rings is 1. The Hall–Kier alpha value is -1.92. The van der Waals surface area contributed by atoms with Gasteiger partial charge in [-0.2, -0.15) is 5.10 Å². The third-order valence-corrected chi connectivity index (χ3v) is 4.82. The molecule has 0 spiro atoms. The van der Waals surface area contributed by atoms with Crippen molar-refractivity contribution < 1.29 is 9.18 Å². The van der Waals surface area contributed by atoms with Crippen molar-refractivity contribution >= 4 is 17.5 Å². The fourth-order valence-corrected chi connectivity index (χ4v) is 3.18. The lowest BCUT2D eigenvalue weighted by Crippen LogP contribution is -2.54. The van der Waals surface area contributed by atoms with Gasteiger partial charge in [-0.3, -0.25) is 14.4 Å². The molecule has 3 rings (SSSR count). The second-order valence-electron chi connectivity index (χ2n) is 6.86. The van der Waals surface area contributed by atoms with Gasteiger partial charge < -0.3 is 4.90 Å². The molecule has 2 aromatic rings. The molecule has 1 aromatic heterocycles. The summed E-state index contributed by atoms with van der Waals surface area (Å²) in [5, 5.41) is 4.70. The van der Waals surface area contributed by atoms with Crippen LogP contribution in [0.1, 0.15) is 19.4 Å². The maximum absolute atomic E-state index is 13.0. The number of carbonyl (C=O) groups excluding carboxylic acids is 1. The predicted molar refractivity (Wildman–Crippen MR) is 94.8 cm³/mol. The first-order valence-electron chi connectivity index (χ1n) is 8.33. The number of aromatic nitrogens is 2. The van der Waals surface area contributed by atoms with Gasteiger partial charge in [0.1, 0.15) is 11.4 Å². The number of nitrogens with zero attached hydrogens (tertiary/aromatic N) is 4. The van der Waals surface area contributed by atoms with Gasteiger partial charge in [-0.1, -0.05) is 23.7 Å². The third-order valence-electron chi connectivity index (χ3n) is 4.63. The molecule has 1 amide bonds. The zero-order valence-corrected chi connectivity index (χ0v) is 15.2. The molecule has 1 aliphatic heterocycles. The summed E-state index contributed by atoms with van der Waals surface area (Å²) in [6, 6.07) is 6.56. The Morgan fingerprint density at radius 1 is 1.20 bits per heavy atom. The molecule has 0 unspecified atom stereocenters. The van der Waals surface area contributed by atoms with Crippen LogP contribution in [0.5, 0.6) is 0 Å². The van der Waals surface area contributed by atoms with Crippen LogP contribution in [0.2, 0.25) is 5.02 Å². The molecule has 2 heterocycles. The summed E-state index contributed by atoms with van der Waals surface area (Å²) in [5.74, 6) is -0.186. The van der Waals surface area contributed by atoms with E-state index in [1.807, 2.05) is 18.7 Å². The van der Waals surface area contributed by atoms with Crippen molar-refractivity contribution in [1.29, 1.82) is 0 Å². The summed E-state index contributed by atoms with van der Waals surface area (Å²) >= 11 is 5.92. The van der Waals surface area contributed by atoms with Crippen molar-refractivity contribution in [2.24, 2.45) is 0 Å². The third kappa shape index (κ3) is 4.02. The van der Waals surface area contributed by atoms with E-state index in [1.54, 1.807) is 23.0 Å². The molecule has 1 saturated heterocycles. The average Bonchev–Trinajstić information content (AvgIpc) is 3.04.